The predicted molar refractivity (Wildman–Crippen MR) is 97.3 cm³/mol. The van der Waals surface area contributed by atoms with Crippen LogP contribution in [0, 0.1) is 0 Å². The summed E-state index contributed by atoms with van der Waals surface area (Å²) in [5.41, 5.74) is 0.754. The van der Waals surface area contributed by atoms with E-state index >= 15 is 0 Å². The first-order valence-electron chi connectivity index (χ1n) is 8.60. The Balaban J connectivity index is 1.88. The van der Waals surface area contributed by atoms with E-state index in [-0.39, 0.29) is 18.4 Å². The number of benzene rings is 1. The van der Waals surface area contributed by atoms with E-state index in [4.69, 9.17) is 21.4 Å². The molecule has 1 aromatic carbocycles. The standard InChI is InChI=1S/C18H25ClN2O4/c1-25-16-7-5-13(19)12-15(16)20-10-9-17(22)21-11-3-2-4-14(21)6-8-18(23)24/h5,7,12,14,20H,2-4,6,8-11H2,1H3,(H,23,24). The normalized spacial score (nSPS) is 17.2. The van der Waals surface area contributed by atoms with Gasteiger partial charge in [-0.15, -0.1) is 0 Å². The average Bonchev–Trinajstić information content (AvgIpc) is 2.60. The SMILES string of the molecule is COc1ccc(Cl)cc1NCCC(=O)N1CCCCC1CCC(=O)O. The fraction of sp³-hybridized carbons (Fsp3) is 0.556. The Morgan fingerprint density at radius 2 is 2.16 bits per heavy atom. The maximum Gasteiger partial charge on any atom is 0.303 e. The number of carboxylic acids is 1. The number of carboxylic acid groups (broad SMARTS) is 1. The number of carbonyl (C=O) groups is 2. The van der Waals surface area contributed by atoms with Gasteiger partial charge in [0.2, 0.25) is 5.91 Å². The number of carbonyl (C=O) groups excluding carboxylic acids is 1. The zero-order chi connectivity index (χ0) is 18.2. The number of anilines is 1. The molecule has 1 aromatic rings. The second-order valence-electron chi connectivity index (χ2n) is 6.19. The molecule has 0 bridgehead atoms. The highest BCUT2D eigenvalue weighted by Gasteiger charge is 2.26. The first kappa shape index (κ1) is 19.4. The summed E-state index contributed by atoms with van der Waals surface area (Å²) in [6.45, 7) is 1.18. The van der Waals surface area contributed by atoms with E-state index in [9.17, 15) is 9.59 Å². The monoisotopic (exact) mass is 368 g/mol. The van der Waals surface area contributed by atoms with Crippen LogP contribution in [0.5, 0.6) is 5.75 Å². The third-order valence-electron chi connectivity index (χ3n) is 4.45. The zero-order valence-corrected chi connectivity index (χ0v) is 15.2. The molecule has 25 heavy (non-hydrogen) atoms. The molecule has 2 rings (SSSR count). The van der Waals surface area contributed by atoms with Crippen molar-refractivity contribution >= 4 is 29.2 Å². The zero-order valence-electron chi connectivity index (χ0n) is 14.5. The van der Waals surface area contributed by atoms with Crippen molar-refractivity contribution in [1.82, 2.24) is 4.90 Å². The minimum absolute atomic E-state index is 0.0399. The number of piperidine rings is 1. The summed E-state index contributed by atoms with van der Waals surface area (Å²) in [5.74, 6) is -0.0783. The van der Waals surface area contributed by atoms with Gasteiger partial charge in [0.15, 0.2) is 0 Å². The molecule has 1 aliphatic rings. The van der Waals surface area contributed by atoms with Crippen molar-refractivity contribution < 1.29 is 19.4 Å². The predicted octanol–water partition coefficient (Wildman–Crippen LogP) is 3.40. The highest BCUT2D eigenvalue weighted by molar-refractivity contribution is 6.30. The number of nitrogens with one attached hydrogen (secondary N) is 1. The summed E-state index contributed by atoms with van der Waals surface area (Å²) in [5, 5.41) is 12.7. The molecular formula is C18H25ClN2O4. The summed E-state index contributed by atoms with van der Waals surface area (Å²) in [6.07, 6.45) is 3.88. The number of methoxy groups -OCH3 is 1. The first-order valence-corrected chi connectivity index (χ1v) is 8.97. The average molecular weight is 369 g/mol. The summed E-state index contributed by atoms with van der Waals surface area (Å²) in [4.78, 5) is 25.2. The molecule has 1 atom stereocenters. The second-order valence-corrected chi connectivity index (χ2v) is 6.63. The molecule has 0 spiro atoms. The third-order valence-corrected chi connectivity index (χ3v) is 4.69. The van der Waals surface area contributed by atoms with Crippen molar-refractivity contribution in [2.75, 3.05) is 25.5 Å². The number of nitrogens with zero attached hydrogens (tertiary/aromatic N) is 1. The largest absolute Gasteiger partial charge is 0.495 e. The number of hydrogen-bond acceptors (Lipinski definition) is 4. The second kappa shape index (κ2) is 9.51. The van der Waals surface area contributed by atoms with Crippen LogP contribution in [0.25, 0.3) is 0 Å². The molecule has 7 heteroatoms. The van der Waals surface area contributed by atoms with E-state index in [1.54, 1.807) is 25.3 Å². The van der Waals surface area contributed by atoms with Crippen molar-refractivity contribution in [2.24, 2.45) is 0 Å². The Bertz CT molecular complexity index is 609. The van der Waals surface area contributed by atoms with Gasteiger partial charge in [-0.05, 0) is 43.9 Å². The molecule has 0 radical (unpaired) electrons. The minimum Gasteiger partial charge on any atom is -0.495 e. The fourth-order valence-corrected chi connectivity index (χ4v) is 3.36. The van der Waals surface area contributed by atoms with Gasteiger partial charge < -0.3 is 20.1 Å². The summed E-state index contributed by atoms with van der Waals surface area (Å²) < 4.78 is 5.27. The molecular weight excluding hydrogens is 344 g/mol. The summed E-state index contributed by atoms with van der Waals surface area (Å²) in [7, 11) is 1.58. The topological polar surface area (TPSA) is 78.9 Å². The van der Waals surface area contributed by atoms with Crippen LogP contribution in [0.2, 0.25) is 5.02 Å². The fourth-order valence-electron chi connectivity index (χ4n) is 3.19. The van der Waals surface area contributed by atoms with E-state index in [1.807, 2.05) is 4.90 Å². The smallest absolute Gasteiger partial charge is 0.303 e. The summed E-state index contributed by atoms with van der Waals surface area (Å²) in [6, 6.07) is 5.33. The Hall–Kier alpha value is -1.95. The van der Waals surface area contributed by atoms with Gasteiger partial charge in [0.1, 0.15) is 5.75 Å². The Labute approximate surface area is 153 Å². The lowest BCUT2D eigenvalue weighted by Crippen LogP contribution is -2.44. The van der Waals surface area contributed by atoms with Gasteiger partial charge >= 0.3 is 5.97 Å². The lowest BCUT2D eigenvalue weighted by Gasteiger charge is -2.36. The van der Waals surface area contributed by atoms with Gasteiger partial charge in [-0.2, -0.15) is 0 Å². The van der Waals surface area contributed by atoms with Crippen LogP contribution >= 0.6 is 11.6 Å². The van der Waals surface area contributed by atoms with Gasteiger partial charge in [-0.1, -0.05) is 11.6 Å². The first-order chi connectivity index (χ1) is 12.0. The van der Waals surface area contributed by atoms with Crippen LogP contribution in [-0.2, 0) is 9.59 Å². The van der Waals surface area contributed by atoms with Gasteiger partial charge in [-0.3, -0.25) is 9.59 Å². The quantitative estimate of drug-likeness (QED) is 0.735. The maximum absolute atomic E-state index is 12.5. The van der Waals surface area contributed by atoms with Gasteiger partial charge in [-0.25, -0.2) is 0 Å². The van der Waals surface area contributed by atoms with E-state index in [0.29, 0.717) is 36.7 Å². The minimum atomic E-state index is -0.812. The van der Waals surface area contributed by atoms with Crippen molar-refractivity contribution in [3.63, 3.8) is 0 Å². The van der Waals surface area contributed by atoms with Crippen molar-refractivity contribution in [3.05, 3.63) is 23.2 Å². The van der Waals surface area contributed by atoms with Crippen LogP contribution in [0.15, 0.2) is 18.2 Å². The van der Waals surface area contributed by atoms with Gasteiger partial charge in [0.05, 0.1) is 12.8 Å². The molecule has 1 fully saturated rings. The lowest BCUT2D eigenvalue weighted by molar-refractivity contribution is -0.140. The Morgan fingerprint density at radius 1 is 1.36 bits per heavy atom. The number of hydrogen-bond donors (Lipinski definition) is 2. The van der Waals surface area contributed by atoms with Crippen LogP contribution in [0.1, 0.15) is 38.5 Å². The summed E-state index contributed by atoms with van der Waals surface area (Å²) >= 11 is 6.00. The number of halogens is 1. The number of amides is 1. The number of rotatable bonds is 8. The highest BCUT2D eigenvalue weighted by atomic mass is 35.5. The van der Waals surface area contributed by atoms with E-state index < -0.39 is 5.97 Å². The molecule has 6 nitrogen and oxygen atoms in total. The third kappa shape index (κ3) is 5.81. The van der Waals surface area contributed by atoms with Crippen LogP contribution in [0.4, 0.5) is 5.69 Å². The van der Waals surface area contributed by atoms with Crippen LogP contribution in [-0.4, -0.2) is 48.1 Å². The lowest BCUT2D eigenvalue weighted by atomic mass is 9.97. The van der Waals surface area contributed by atoms with Gasteiger partial charge in [0.25, 0.3) is 0 Å². The molecule has 1 heterocycles. The van der Waals surface area contributed by atoms with Crippen LogP contribution < -0.4 is 10.1 Å². The molecule has 1 saturated heterocycles. The van der Waals surface area contributed by atoms with E-state index in [1.165, 1.54) is 0 Å². The van der Waals surface area contributed by atoms with E-state index in [2.05, 4.69) is 5.32 Å². The van der Waals surface area contributed by atoms with Crippen molar-refractivity contribution in [3.8, 4) is 5.75 Å². The number of likely N-dealkylation sites (tertiary alicyclic amines) is 1. The Kier molecular flexibility index (Phi) is 7.37. The molecule has 1 unspecified atom stereocenters. The van der Waals surface area contributed by atoms with Crippen LogP contribution in [0.3, 0.4) is 0 Å². The maximum atomic E-state index is 12.5. The molecule has 0 aliphatic carbocycles. The number of aliphatic carboxylic acids is 1. The molecule has 0 aromatic heterocycles. The van der Waals surface area contributed by atoms with Crippen molar-refractivity contribution in [2.45, 2.75) is 44.6 Å². The van der Waals surface area contributed by atoms with Gasteiger partial charge in [0, 0.05) is 37.0 Å². The molecule has 2 N–H and O–H groups in total. The van der Waals surface area contributed by atoms with E-state index in [0.717, 1.165) is 24.9 Å². The number of ether oxygens (including phenoxy) is 1. The molecule has 138 valence electrons. The Morgan fingerprint density at radius 3 is 2.88 bits per heavy atom. The molecule has 1 aliphatic heterocycles. The highest BCUT2D eigenvalue weighted by Crippen LogP contribution is 2.28. The van der Waals surface area contributed by atoms with Crippen molar-refractivity contribution in [1.29, 1.82) is 0 Å². The molecule has 1 amide bonds. The molecule has 0 saturated carbocycles.